The van der Waals surface area contributed by atoms with Gasteiger partial charge in [0.25, 0.3) is 0 Å². The fraction of sp³-hybridized carbons (Fsp3) is 0.588. The van der Waals surface area contributed by atoms with Gasteiger partial charge in [-0.3, -0.25) is 9.88 Å². The van der Waals surface area contributed by atoms with Crippen molar-refractivity contribution in [2.75, 3.05) is 13.1 Å². The van der Waals surface area contributed by atoms with E-state index in [0.717, 1.165) is 31.0 Å². The first-order valence-corrected chi connectivity index (χ1v) is 7.49. The summed E-state index contributed by atoms with van der Waals surface area (Å²) < 4.78 is 5.78. The summed E-state index contributed by atoms with van der Waals surface area (Å²) in [6, 6.07) is 4.36. The van der Waals surface area contributed by atoms with Gasteiger partial charge in [-0.15, -0.1) is 0 Å². The number of rotatable bonds is 4. The number of pyridine rings is 1. The molecule has 110 valence electrons. The number of hydrogen-bond acceptors (Lipinski definition) is 3. The first-order chi connectivity index (χ1) is 9.47. The van der Waals surface area contributed by atoms with Crippen LogP contribution in [-0.2, 0) is 11.3 Å². The Labute approximate surface area is 122 Å². The van der Waals surface area contributed by atoms with Gasteiger partial charge in [0.05, 0.1) is 23.6 Å². The van der Waals surface area contributed by atoms with Crippen molar-refractivity contribution in [1.82, 2.24) is 9.88 Å². The maximum Gasteiger partial charge on any atom is 0.0678 e. The molecule has 0 saturated carbocycles. The normalized spacial score (nSPS) is 24.1. The van der Waals surface area contributed by atoms with Gasteiger partial charge in [0.15, 0.2) is 0 Å². The predicted octanol–water partition coefficient (Wildman–Crippen LogP) is 3.46. The zero-order chi connectivity index (χ0) is 14.7. The van der Waals surface area contributed by atoms with Gasteiger partial charge >= 0.3 is 0 Å². The topological polar surface area (TPSA) is 25.4 Å². The van der Waals surface area contributed by atoms with Gasteiger partial charge in [0, 0.05) is 19.6 Å². The Morgan fingerprint density at radius 3 is 2.55 bits per heavy atom. The average Bonchev–Trinajstić information content (AvgIpc) is 2.36. The molecule has 1 fully saturated rings. The third-order valence-electron chi connectivity index (χ3n) is 3.68. The summed E-state index contributed by atoms with van der Waals surface area (Å²) in [5.41, 5.74) is 3.44. The number of aromatic nitrogens is 1. The molecule has 0 N–H and O–H groups in total. The number of nitrogens with zero attached hydrogens (tertiary/aromatic N) is 2. The maximum atomic E-state index is 5.78. The lowest BCUT2D eigenvalue weighted by atomic mass is 10.0. The van der Waals surface area contributed by atoms with Gasteiger partial charge in [-0.1, -0.05) is 20.4 Å². The van der Waals surface area contributed by atoms with Crippen molar-refractivity contribution in [2.24, 2.45) is 0 Å². The molecule has 1 aliphatic rings. The van der Waals surface area contributed by atoms with Crippen molar-refractivity contribution in [3.8, 4) is 0 Å². The van der Waals surface area contributed by atoms with Crippen LogP contribution in [0.15, 0.2) is 18.7 Å². The van der Waals surface area contributed by atoms with Gasteiger partial charge in [-0.2, -0.15) is 0 Å². The van der Waals surface area contributed by atoms with Crippen LogP contribution in [0.4, 0.5) is 0 Å². The largest absolute Gasteiger partial charge is 0.373 e. The minimum Gasteiger partial charge on any atom is -0.373 e. The molecular formula is C17H26N2O. The van der Waals surface area contributed by atoms with E-state index in [-0.39, 0.29) is 0 Å². The Kier molecular flexibility index (Phi) is 4.95. The highest BCUT2D eigenvalue weighted by atomic mass is 16.5. The third-order valence-corrected chi connectivity index (χ3v) is 3.68. The number of hydrogen-bond donors (Lipinski definition) is 0. The Hall–Kier alpha value is -1.19. The van der Waals surface area contributed by atoms with Crippen molar-refractivity contribution in [2.45, 2.75) is 52.4 Å². The van der Waals surface area contributed by atoms with Crippen LogP contribution in [0, 0.1) is 0 Å². The average molecular weight is 274 g/mol. The molecule has 1 aliphatic heterocycles. The van der Waals surface area contributed by atoms with E-state index in [2.05, 4.69) is 56.3 Å². The summed E-state index contributed by atoms with van der Waals surface area (Å²) in [5, 5.41) is 0. The van der Waals surface area contributed by atoms with Crippen LogP contribution in [0.2, 0.25) is 0 Å². The summed E-state index contributed by atoms with van der Waals surface area (Å²) in [5.74, 6) is 0.512. The molecule has 0 unspecified atom stereocenters. The molecular weight excluding hydrogens is 248 g/mol. The summed E-state index contributed by atoms with van der Waals surface area (Å²) in [6.07, 6.45) is 2.43. The standard InChI is InChI=1S/C17H26N2O/c1-6-16-7-15(12(2)3)8-17(18-16)11-19-9-13(4)20-14(5)10-19/h6-8,12-14H,1,9-11H2,2-5H3/t13-,14-/m1/s1. The molecule has 0 spiro atoms. The van der Waals surface area contributed by atoms with Gasteiger partial charge in [0.1, 0.15) is 0 Å². The Balaban J connectivity index is 2.15. The summed E-state index contributed by atoms with van der Waals surface area (Å²) in [6.45, 7) is 15.4. The van der Waals surface area contributed by atoms with Crippen LogP contribution < -0.4 is 0 Å². The Morgan fingerprint density at radius 1 is 1.35 bits per heavy atom. The summed E-state index contributed by atoms with van der Waals surface area (Å²) in [4.78, 5) is 7.11. The second-order valence-electron chi connectivity index (χ2n) is 6.13. The van der Waals surface area contributed by atoms with Crippen molar-refractivity contribution in [1.29, 1.82) is 0 Å². The SMILES string of the molecule is C=Cc1cc(C(C)C)cc(CN2C[C@@H](C)O[C@H](C)C2)n1. The van der Waals surface area contributed by atoms with E-state index in [1.807, 2.05) is 6.08 Å². The van der Waals surface area contributed by atoms with E-state index in [0.29, 0.717) is 18.1 Å². The fourth-order valence-corrected chi connectivity index (χ4v) is 2.80. The molecule has 0 aromatic carbocycles. The van der Waals surface area contributed by atoms with Crippen molar-refractivity contribution in [3.63, 3.8) is 0 Å². The van der Waals surface area contributed by atoms with E-state index < -0.39 is 0 Å². The monoisotopic (exact) mass is 274 g/mol. The van der Waals surface area contributed by atoms with Crippen molar-refractivity contribution in [3.05, 3.63) is 35.7 Å². The lowest BCUT2D eigenvalue weighted by Gasteiger charge is -2.35. The van der Waals surface area contributed by atoms with E-state index in [1.165, 1.54) is 5.56 Å². The maximum absolute atomic E-state index is 5.78. The summed E-state index contributed by atoms with van der Waals surface area (Å²) >= 11 is 0. The molecule has 1 aromatic rings. The van der Waals surface area contributed by atoms with E-state index in [1.54, 1.807) is 0 Å². The molecule has 2 atom stereocenters. The molecule has 2 rings (SSSR count). The van der Waals surface area contributed by atoms with Crippen LogP contribution in [0.5, 0.6) is 0 Å². The van der Waals surface area contributed by atoms with E-state index >= 15 is 0 Å². The van der Waals surface area contributed by atoms with Crippen LogP contribution in [0.3, 0.4) is 0 Å². The minimum absolute atomic E-state index is 0.297. The van der Waals surface area contributed by atoms with Gasteiger partial charge < -0.3 is 4.74 Å². The molecule has 0 radical (unpaired) electrons. The van der Waals surface area contributed by atoms with E-state index in [9.17, 15) is 0 Å². The third kappa shape index (κ3) is 3.90. The lowest BCUT2D eigenvalue weighted by molar-refractivity contribution is -0.0707. The minimum atomic E-state index is 0.297. The number of ether oxygens (including phenoxy) is 1. The van der Waals surface area contributed by atoms with Crippen LogP contribution in [-0.4, -0.2) is 35.2 Å². The molecule has 20 heavy (non-hydrogen) atoms. The molecule has 1 saturated heterocycles. The highest BCUT2D eigenvalue weighted by Crippen LogP contribution is 2.19. The molecule has 3 heteroatoms. The molecule has 0 amide bonds. The molecule has 0 bridgehead atoms. The lowest BCUT2D eigenvalue weighted by Crippen LogP contribution is -2.44. The fourth-order valence-electron chi connectivity index (χ4n) is 2.80. The number of morpholine rings is 1. The highest BCUT2D eigenvalue weighted by molar-refractivity contribution is 5.44. The molecule has 0 aliphatic carbocycles. The zero-order valence-electron chi connectivity index (χ0n) is 13.1. The smallest absolute Gasteiger partial charge is 0.0678 e. The van der Waals surface area contributed by atoms with Gasteiger partial charge in [-0.05, 0) is 43.5 Å². The van der Waals surface area contributed by atoms with E-state index in [4.69, 9.17) is 4.74 Å². The zero-order valence-corrected chi connectivity index (χ0v) is 13.1. The van der Waals surface area contributed by atoms with Gasteiger partial charge in [0.2, 0.25) is 0 Å². The molecule has 2 heterocycles. The van der Waals surface area contributed by atoms with Crippen LogP contribution >= 0.6 is 0 Å². The Bertz CT molecular complexity index is 460. The second-order valence-corrected chi connectivity index (χ2v) is 6.13. The predicted molar refractivity (Wildman–Crippen MR) is 83.7 cm³/mol. The highest BCUT2D eigenvalue weighted by Gasteiger charge is 2.22. The Morgan fingerprint density at radius 2 is 2.00 bits per heavy atom. The quantitative estimate of drug-likeness (QED) is 0.841. The second kappa shape index (κ2) is 6.51. The summed E-state index contributed by atoms with van der Waals surface area (Å²) in [7, 11) is 0. The van der Waals surface area contributed by atoms with Crippen LogP contribution in [0.25, 0.3) is 6.08 Å². The van der Waals surface area contributed by atoms with Crippen molar-refractivity contribution < 1.29 is 4.74 Å². The molecule has 3 nitrogen and oxygen atoms in total. The first-order valence-electron chi connectivity index (χ1n) is 7.49. The van der Waals surface area contributed by atoms with Gasteiger partial charge in [-0.25, -0.2) is 0 Å². The van der Waals surface area contributed by atoms with Crippen LogP contribution in [0.1, 0.15) is 50.6 Å². The first kappa shape index (κ1) is 15.2. The van der Waals surface area contributed by atoms with Crippen molar-refractivity contribution >= 4 is 6.08 Å². The molecule has 1 aromatic heterocycles.